The lowest BCUT2D eigenvalue weighted by molar-refractivity contribution is -0.137. The van der Waals surface area contributed by atoms with Gasteiger partial charge in [-0.1, -0.05) is 19.1 Å². The first kappa shape index (κ1) is 16.3. The summed E-state index contributed by atoms with van der Waals surface area (Å²) in [5, 5.41) is 13.4. The number of alkyl halides is 3. The van der Waals surface area contributed by atoms with E-state index < -0.39 is 17.8 Å². The summed E-state index contributed by atoms with van der Waals surface area (Å²) in [4.78, 5) is 0. The molecule has 118 valence electrons. The highest BCUT2D eigenvalue weighted by Gasteiger charge is 2.30. The standard InChI is InChI=1S/C16H22F3NO/c1-11-2-8-14(9-3-11)20-10-15(21)12-4-6-13(7-5-12)16(17,18)19/h4-7,11,14-15,20-21H,2-3,8-10H2,1H3. The Balaban J connectivity index is 1.84. The first-order valence-corrected chi connectivity index (χ1v) is 7.45. The van der Waals surface area contributed by atoms with E-state index >= 15 is 0 Å². The molecule has 0 radical (unpaired) electrons. The molecule has 2 N–H and O–H groups in total. The minimum absolute atomic E-state index is 0.379. The molecule has 0 heterocycles. The molecule has 1 aromatic carbocycles. The van der Waals surface area contributed by atoms with Gasteiger partial charge >= 0.3 is 6.18 Å². The first-order valence-electron chi connectivity index (χ1n) is 7.45. The summed E-state index contributed by atoms with van der Waals surface area (Å²) in [5.41, 5.74) is -0.174. The second-order valence-corrected chi connectivity index (χ2v) is 6.00. The van der Waals surface area contributed by atoms with Gasteiger partial charge in [-0.05, 0) is 49.3 Å². The zero-order valence-electron chi connectivity index (χ0n) is 12.2. The molecule has 0 bridgehead atoms. The summed E-state index contributed by atoms with van der Waals surface area (Å²) in [6.07, 6.45) is -0.531. The Bertz CT molecular complexity index is 436. The lowest BCUT2D eigenvalue weighted by Gasteiger charge is -2.28. The predicted molar refractivity (Wildman–Crippen MR) is 75.8 cm³/mol. The quantitative estimate of drug-likeness (QED) is 0.884. The normalized spacial score (nSPS) is 24.8. The van der Waals surface area contributed by atoms with Crippen LogP contribution in [0.25, 0.3) is 0 Å². The van der Waals surface area contributed by atoms with Crippen molar-refractivity contribution >= 4 is 0 Å². The number of aliphatic hydroxyl groups excluding tert-OH is 1. The molecule has 1 aliphatic carbocycles. The van der Waals surface area contributed by atoms with E-state index in [9.17, 15) is 18.3 Å². The van der Waals surface area contributed by atoms with Gasteiger partial charge in [-0.25, -0.2) is 0 Å². The van der Waals surface area contributed by atoms with Crippen molar-refractivity contribution in [3.05, 3.63) is 35.4 Å². The van der Waals surface area contributed by atoms with E-state index in [0.29, 0.717) is 18.2 Å². The number of halogens is 3. The third-order valence-electron chi connectivity index (χ3n) is 4.24. The smallest absolute Gasteiger partial charge is 0.387 e. The van der Waals surface area contributed by atoms with Gasteiger partial charge in [0, 0.05) is 12.6 Å². The van der Waals surface area contributed by atoms with Crippen LogP contribution in [0.1, 0.15) is 49.8 Å². The molecule has 1 aliphatic rings. The van der Waals surface area contributed by atoms with Gasteiger partial charge in [0.1, 0.15) is 0 Å². The van der Waals surface area contributed by atoms with Crippen molar-refractivity contribution in [2.75, 3.05) is 6.54 Å². The molecule has 1 saturated carbocycles. The fourth-order valence-corrected chi connectivity index (χ4v) is 2.75. The maximum atomic E-state index is 12.5. The highest BCUT2D eigenvalue weighted by atomic mass is 19.4. The van der Waals surface area contributed by atoms with Crippen LogP contribution in [0.5, 0.6) is 0 Å². The van der Waals surface area contributed by atoms with Crippen LogP contribution in [-0.4, -0.2) is 17.7 Å². The molecule has 5 heteroatoms. The number of rotatable bonds is 4. The van der Waals surface area contributed by atoms with E-state index in [4.69, 9.17) is 0 Å². The van der Waals surface area contributed by atoms with E-state index in [1.807, 2.05) is 0 Å². The van der Waals surface area contributed by atoms with E-state index in [-0.39, 0.29) is 0 Å². The summed E-state index contributed by atoms with van der Waals surface area (Å²) >= 11 is 0. The van der Waals surface area contributed by atoms with Crippen LogP contribution in [0.15, 0.2) is 24.3 Å². The van der Waals surface area contributed by atoms with Crippen LogP contribution in [0.2, 0.25) is 0 Å². The molecule has 0 saturated heterocycles. The molecule has 1 fully saturated rings. The first-order chi connectivity index (χ1) is 9.86. The maximum absolute atomic E-state index is 12.5. The third kappa shape index (κ3) is 4.71. The van der Waals surface area contributed by atoms with Crippen molar-refractivity contribution in [2.45, 2.75) is 50.9 Å². The summed E-state index contributed by atoms with van der Waals surface area (Å²) < 4.78 is 37.4. The molecule has 0 amide bonds. The van der Waals surface area contributed by atoms with Crippen molar-refractivity contribution in [1.29, 1.82) is 0 Å². The molecular weight excluding hydrogens is 279 g/mol. The number of hydrogen-bond acceptors (Lipinski definition) is 2. The molecule has 0 aromatic heterocycles. The summed E-state index contributed by atoms with van der Waals surface area (Å²) in [6.45, 7) is 2.62. The van der Waals surface area contributed by atoms with Crippen LogP contribution in [0.3, 0.4) is 0 Å². The largest absolute Gasteiger partial charge is 0.416 e. The molecule has 1 unspecified atom stereocenters. The molecule has 1 atom stereocenters. The Hall–Kier alpha value is -1.07. The average molecular weight is 301 g/mol. The van der Waals surface area contributed by atoms with Crippen LogP contribution in [0.4, 0.5) is 13.2 Å². The lowest BCUT2D eigenvalue weighted by Crippen LogP contribution is -2.35. The van der Waals surface area contributed by atoms with Crippen molar-refractivity contribution in [3.63, 3.8) is 0 Å². The van der Waals surface area contributed by atoms with Crippen molar-refractivity contribution < 1.29 is 18.3 Å². The Kier molecular flexibility index (Phi) is 5.27. The molecule has 0 spiro atoms. The van der Waals surface area contributed by atoms with Gasteiger partial charge in [0.2, 0.25) is 0 Å². The van der Waals surface area contributed by atoms with Gasteiger partial charge in [0.15, 0.2) is 0 Å². The van der Waals surface area contributed by atoms with Crippen LogP contribution < -0.4 is 5.32 Å². The molecular formula is C16H22F3NO. The molecule has 2 nitrogen and oxygen atoms in total. The fourth-order valence-electron chi connectivity index (χ4n) is 2.75. The van der Waals surface area contributed by atoms with Crippen molar-refractivity contribution in [3.8, 4) is 0 Å². The molecule has 21 heavy (non-hydrogen) atoms. The van der Waals surface area contributed by atoms with E-state index in [0.717, 1.165) is 30.9 Å². The lowest BCUT2D eigenvalue weighted by atomic mass is 9.87. The third-order valence-corrected chi connectivity index (χ3v) is 4.24. The van der Waals surface area contributed by atoms with E-state index in [1.54, 1.807) is 0 Å². The molecule has 1 aromatic rings. The topological polar surface area (TPSA) is 32.3 Å². The second-order valence-electron chi connectivity index (χ2n) is 6.00. The summed E-state index contributed by atoms with van der Waals surface area (Å²) in [6, 6.07) is 5.13. The number of nitrogens with one attached hydrogen (secondary N) is 1. The fraction of sp³-hybridized carbons (Fsp3) is 0.625. The van der Waals surface area contributed by atoms with Gasteiger partial charge in [-0.2, -0.15) is 13.2 Å². The summed E-state index contributed by atoms with van der Waals surface area (Å²) in [7, 11) is 0. The van der Waals surface area contributed by atoms with Crippen LogP contribution in [0, 0.1) is 5.92 Å². The predicted octanol–water partition coefficient (Wildman–Crippen LogP) is 3.91. The Morgan fingerprint density at radius 1 is 1.14 bits per heavy atom. The Morgan fingerprint density at radius 2 is 1.71 bits per heavy atom. The minimum Gasteiger partial charge on any atom is -0.387 e. The van der Waals surface area contributed by atoms with E-state index in [1.165, 1.54) is 25.0 Å². The number of benzene rings is 1. The maximum Gasteiger partial charge on any atom is 0.416 e. The van der Waals surface area contributed by atoms with Gasteiger partial charge in [0.25, 0.3) is 0 Å². The SMILES string of the molecule is CC1CCC(NCC(O)c2ccc(C(F)(F)F)cc2)CC1. The van der Waals surface area contributed by atoms with Crippen molar-refractivity contribution in [2.24, 2.45) is 5.92 Å². The van der Waals surface area contributed by atoms with Gasteiger partial charge < -0.3 is 10.4 Å². The highest BCUT2D eigenvalue weighted by molar-refractivity contribution is 5.26. The van der Waals surface area contributed by atoms with E-state index in [2.05, 4.69) is 12.2 Å². The van der Waals surface area contributed by atoms with Crippen molar-refractivity contribution in [1.82, 2.24) is 5.32 Å². The number of hydrogen-bond donors (Lipinski definition) is 2. The summed E-state index contributed by atoms with van der Waals surface area (Å²) in [5.74, 6) is 0.767. The van der Waals surface area contributed by atoms with Crippen LogP contribution in [-0.2, 0) is 6.18 Å². The molecule has 0 aliphatic heterocycles. The average Bonchev–Trinajstić information content (AvgIpc) is 2.45. The molecule has 2 rings (SSSR count). The monoisotopic (exact) mass is 301 g/mol. The Labute approximate surface area is 123 Å². The zero-order chi connectivity index (χ0) is 15.5. The second kappa shape index (κ2) is 6.79. The van der Waals surface area contributed by atoms with Gasteiger partial charge in [-0.15, -0.1) is 0 Å². The van der Waals surface area contributed by atoms with Crippen LogP contribution >= 0.6 is 0 Å². The van der Waals surface area contributed by atoms with Gasteiger partial charge in [-0.3, -0.25) is 0 Å². The minimum atomic E-state index is -4.33. The Morgan fingerprint density at radius 3 is 2.24 bits per heavy atom. The number of aliphatic hydroxyl groups is 1. The van der Waals surface area contributed by atoms with Gasteiger partial charge in [0.05, 0.1) is 11.7 Å². The zero-order valence-corrected chi connectivity index (χ0v) is 12.2. The highest BCUT2D eigenvalue weighted by Crippen LogP contribution is 2.30.